The van der Waals surface area contributed by atoms with E-state index in [-0.39, 0.29) is 0 Å². The quantitative estimate of drug-likeness (QED) is 0.691. The summed E-state index contributed by atoms with van der Waals surface area (Å²) in [4.78, 5) is 20.9. The average molecular weight is 315 g/mol. The molecule has 0 fully saturated rings. The summed E-state index contributed by atoms with van der Waals surface area (Å²) < 4.78 is 5.62. The molecule has 1 aromatic carbocycles. The third-order valence-corrected chi connectivity index (χ3v) is 3.46. The van der Waals surface area contributed by atoms with Crippen LogP contribution in [-0.4, -0.2) is 15.9 Å². The first-order valence-corrected chi connectivity index (χ1v) is 7.29. The molecule has 0 atom stereocenters. The van der Waals surface area contributed by atoms with Crippen molar-refractivity contribution in [3.63, 3.8) is 0 Å². The minimum Gasteiger partial charge on any atom is -0.428 e. The van der Waals surface area contributed by atoms with E-state index >= 15 is 0 Å². The molecule has 2 aromatic heterocycles. The van der Waals surface area contributed by atoms with Crippen LogP contribution >= 0.6 is 0 Å². The van der Waals surface area contributed by atoms with E-state index in [1.807, 2.05) is 0 Å². The van der Waals surface area contributed by atoms with E-state index in [1.165, 1.54) is 0 Å². The molecule has 0 radical (unpaired) electrons. The number of rotatable bonds is 4. The Bertz CT molecular complexity index is 820. The zero-order valence-electron chi connectivity index (χ0n) is 12.7. The van der Waals surface area contributed by atoms with Crippen LogP contribution in [0.4, 0.5) is 0 Å². The zero-order valence-corrected chi connectivity index (χ0v) is 12.7. The summed E-state index contributed by atoms with van der Waals surface area (Å²) in [5, 5.41) is 9.87. The van der Waals surface area contributed by atoms with Crippen molar-refractivity contribution < 1.29 is 9.53 Å². The Morgan fingerprint density at radius 3 is 1.88 bits per heavy atom. The lowest BCUT2D eigenvalue weighted by atomic mass is 9.95. The van der Waals surface area contributed by atoms with Gasteiger partial charge in [0.15, 0.2) is 0 Å². The first-order chi connectivity index (χ1) is 11.8. The number of hydrogen-bond acceptors (Lipinski definition) is 5. The van der Waals surface area contributed by atoms with E-state index in [1.54, 1.807) is 79.1 Å². The second-order valence-corrected chi connectivity index (χ2v) is 4.98. The molecule has 5 nitrogen and oxygen atoms in total. The zero-order chi connectivity index (χ0) is 16.8. The van der Waals surface area contributed by atoms with Gasteiger partial charge in [0, 0.05) is 12.4 Å². The van der Waals surface area contributed by atoms with Gasteiger partial charge in [-0.3, -0.25) is 9.97 Å². The first kappa shape index (κ1) is 15.4. The molecule has 0 unspecified atom stereocenters. The number of hydrogen-bond donors (Lipinski definition) is 0. The summed E-state index contributed by atoms with van der Waals surface area (Å²) in [5.41, 5.74) is -0.759. The highest BCUT2D eigenvalue weighted by Crippen LogP contribution is 2.31. The summed E-state index contributed by atoms with van der Waals surface area (Å²) in [6.45, 7) is 0. The fourth-order valence-corrected chi connectivity index (χ4v) is 2.29. The summed E-state index contributed by atoms with van der Waals surface area (Å²) in [6.07, 6.45) is 3.08. The van der Waals surface area contributed by atoms with Crippen LogP contribution in [0.25, 0.3) is 0 Å². The molecule has 0 saturated heterocycles. The summed E-state index contributed by atoms with van der Waals surface area (Å²) >= 11 is 0. The van der Waals surface area contributed by atoms with Gasteiger partial charge in [-0.2, -0.15) is 5.26 Å². The maximum atomic E-state index is 12.5. The largest absolute Gasteiger partial charge is 0.428 e. The van der Waals surface area contributed by atoms with Crippen molar-refractivity contribution in [1.82, 2.24) is 9.97 Å². The molecule has 0 N–H and O–H groups in total. The van der Waals surface area contributed by atoms with E-state index in [0.29, 0.717) is 17.0 Å². The van der Waals surface area contributed by atoms with Crippen LogP contribution in [-0.2, 0) is 10.3 Å². The highest BCUT2D eigenvalue weighted by Gasteiger charge is 2.42. The normalized spacial score (nSPS) is 10.6. The van der Waals surface area contributed by atoms with Crippen LogP contribution < -0.4 is 0 Å². The molecule has 0 bridgehead atoms. The highest BCUT2D eigenvalue weighted by molar-refractivity contribution is 5.90. The smallest absolute Gasteiger partial charge is 0.340 e. The first-order valence-electron chi connectivity index (χ1n) is 7.29. The molecule has 3 rings (SSSR count). The van der Waals surface area contributed by atoms with Crippen LogP contribution in [0.15, 0.2) is 79.1 Å². The maximum absolute atomic E-state index is 12.5. The molecule has 24 heavy (non-hydrogen) atoms. The molecule has 0 aliphatic heterocycles. The maximum Gasteiger partial charge on any atom is 0.340 e. The predicted octanol–water partition coefficient (Wildman–Crippen LogP) is 3.10. The van der Waals surface area contributed by atoms with Gasteiger partial charge in [0.25, 0.3) is 5.60 Å². The van der Waals surface area contributed by atoms with Gasteiger partial charge < -0.3 is 4.74 Å². The lowest BCUT2D eigenvalue weighted by Crippen LogP contribution is -2.34. The number of aromatic nitrogens is 2. The molecule has 5 heteroatoms. The van der Waals surface area contributed by atoms with Gasteiger partial charge in [-0.1, -0.05) is 30.3 Å². The summed E-state index contributed by atoms with van der Waals surface area (Å²) in [5.74, 6) is -0.617. The molecule has 116 valence electrons. The Hall–Kier alpha value is -3.52. The second-order valence-electron chi connectivity index (χ2n) is 4.98. The monoisotopic (exact) mass is 315 g/mol. The number of ether oxygens (including phenoxy) is 1. The third kappa shape index (κ3) is 2.85. The number of pyridine rings is 2. The van der Waals surface area contributed by atoms with Crippen molar-refractivity contribution in [2.45, 2.75) is 5.60 Å². The average Bonchev–Trinajstić information content (AvgIpc) is 2.68. The SMILES string of the molecule is N#CC(OC(=O)c1ccccc1)(c1ccccn1)c1ccccn1. The molecule has 0 aliphatic rings. The van der Waals surface area contributed by atoms with Crippen LogP contribution in [0, 0.1) is 11.3 Å². The molecule has 3 aromatic rings. The minimum absolute atomic E-state index is 0.301. The van der Waals surface area contributed by atoms with Gasteiger partial charge in [0.2, 0.25) is 0 Å². The minimum atomic E-state index is -1.71. The van der Waals surface area contributed by atoms with Crippen LogP contribution in [0.2, 0.25) is 0 Å². The molecule has 0 spiro atoms. The van der Waals surface area contributed by atoms with Crippen molar-refractivity contribution in [2.24, 2.45) is 0 Å². The predicted molar refractivity (Wildman–Crippen MR) is 86.7 cm³/mol. The van der Waals surface area contributed by atoms with Crippen molar-refractivity contribution in [1.29, 1.82) is 5.26 Å². The lowest BCUT2D eigenvalue weighted by molar-refractivity contribution is 0.0166. The fourth-order valence-electron chi connectivity index (χ4n) is 2.29. The Labute approximate surface area is 139 Å². The number of esters is 1. The van der Waals surface area contributed by atoms with E-state index in [9.17, 15) is 10.1 Å². The number of nitriles is 1. The standard InChI is InChI=1S/C19H13N3O2/c20-14-19(16-10-4-6-12-21-16,17-11-5-7-13-22-17)24-18(23)15-8-2-1-3-9-15/h1-13H. The molecular formula is C19H13N3O2. The molecule has 0 saturated carbocycles. The highest BCUT2D eigenvalue weighted by atomic mass is 16.6. The Morgan fingerprint density at radius 2 is 1.42 bits per heavy atom. The second kappa shape index (κ2) is 6.71. The van der Waals surface area contributed by atoms with Gasteiger partial charge in [0.05, 0.1) is 5.56 Å². The van der Waals surface area contributed by atoms with Crippen molar-refractivity contribution in [2.75, 3.05) is 0 Å². The van der Waals surface area contributed by atoms with Crippen molar-refractivity contribution in [3.05, 3.63) is 96.1 Å². The van der Waals surface area contributed by atoms with Crippen molar-refractivity contribution in [3.8, 4) is 6.07 Å². The molecular weight excluding hydrogens is 302 g/mol. The third-order valence-electron chi connectivity index (χ3n) is 3.46. The van der Waals surface area contributed by atoms with Gasteiger partial charge >= 0.3 is 5.97 Å². The van der Waals surface area contributed by atoms with Gasteiger partial charge in [0.1, 0.15) is 17.5 Å². The molecule has 2 heterocycles. The number of benzene rings is 1. The molecule has 0 aliphatic carbocycles. The Morgan fingerprint density at radius 1 is 0.875 bits per heavy atom. The topological polar surface area (TPSA) is 75.9 Å². The lowest BCUT2D eigenvalue weighted by Gasteiger charge is -2.25. The number of carbonyl (C=O) groups excluding carboxylic acids is 1. The number of carbonyl (C=O) groups is 1. The van der Waals surface area contributed by atoms with Gasteiger partial charge in [-0.25, -0.2) is 4.79 Å². The Balaban J connectivity index is 2.09. The van der Waals surface area contributed by atoms with E-state index in [2.05, 4.69) is 16.0 Å². The van der Waals surface area contributed by atoms with Crippen LogP contribution in [0.1, 0.15) is 21.7 Å². The summed E-state index contributed by atoms with van der Waals surface area (Å²) in [7, 11) is 0. The van der Waals surface area contributed by atoms with Gasteiger partial charge in [-0.15, -0.1) is 0 Å². The molecule has 0 amide bonds. The van der Waals surface area contributed by atoms with Crippen LogP contribution in [0.3, 0.4) is 0 Å². The van der Waals surface area contributed by atoms with E-state index < -0.39 is 11.6 Å². The van der Waals surface area contributed by atoms with Crippen molar-refractivity contribution >= 4 is 5.97 Å². The van der Waals surface area contributed by atoms with E-state index in [4.69, 9.17) is 4.74 Å². The van der Waals surface area contributed by atoms with Gasteiger partial charge in [-0.05, 0) is 36.4 Å². The Kier molecular flexibility index (Phi) is 4.30. The summed E-state index contributed by atoms with van der Waals surface area (Å²) in [6, 6.07) is 20.8. The van der Waals surface area contributed by atoms with Crippen LogP contribution in [0.5, 0.6) is 0 Å². The van der Waals surface area contributed by atoms with E-state index in [0.717, 1.165) is 0 Å². The number of nitrogens with zero attached hydrogens (tertiary/aromatic N) is 3. The fraction of sp³-hybridized carbons (Fsp3) is 0.0526.